The van der Waals surface area contributed by atoms with Gasteiger partial charge in [-0.1, -0.05) is 97.1 Å². The van der Waals surface area contributed by atoms with Gasteiger partial charge < -0.3 is 0 Å². The van der Waals surface area contributed by atoms with Gasteiger partial charge in [0.2, 0.25) is 0 Å². The van der Waals surface area contributed by atoms with Gasteiger partial charge in [-0.25, -0.2) is 5.01 Å². The molecule has 0 heterocycles. The second kappa shape index (κ2) is 9.34. The molecule has 2 heteroatoms. The van der Waals surface area contributed by atoms with E-state index < -0.39 is 0 Å². The minimum absolute atomic E-state index is 1.02. The van der Waals surface area contributed by atoms with Gasteiger partial charge in [0, 0.05) is 6.21 Å². The molecule has 0 atom stereocenters. The van der Waals surface area contributed by atoms with Crippen LogP contribution in [0, 0.1) is 0 Å². The largest absolute Gasteiger partial charge is 0.234 e. The number of allylic oxidation sites excluding steroid dienone is 1. The molecule has 0 aliphatic heterocycles. The highest BCUT2D eigenvalue weighted by atomic mass is 15.5. The lowest BCUT2D eigenvalue weighted by molar-refractivity contribution is 1.09. The van der Waals surface area contributed by atoms with Gasteiger partial charge >= 0.3 is 0 Å². The number of benzene rings is 4. The molecule has 2 nitrogen and oxygen atoms in total. The number of hydrazone groups is 1. The molecular formula is C27H22N2. The second-order valence-electron chi connectivity index (χ2n) is 6.56. The van der Waals surface area contributed by atoms with Crippen molar-refractivity contribution in [2.75, 3.05) is 5.01 Å². The molecule has 0 saturated carbocycles. The molecule has 0 radical (unpaired) electrons. The Kier molecular flexibility index (Phi) is 5.94. The third-order valence-corrected chi connectivity index (χ3v) is 4.59. The Morgan fingerprint density at radius 3 is 1.31 bits per heavy atom. The normalized spacial score (nSPS) is 10.6. The summed E-state index contributed by atoms with van der Waals surface area (Å²) < 4.78 is 0. The fourth-order valence-corrected chi connectivity index (χ4v) is 3.19. The fraction of sp³-hybridized carbons (Fsp3) is 0. The summed E-state index contributed by atoms with van der Waals surface area (Å²) in [4.78, 5) is 0. The minimum atomic E-state index is 1.02. The second-order valence-corrected chi connectivity index (χ2v) is 6.56. The highest BCUT2D eigenvalue weighted by Gasteiger charge is 2.07. The lowest BCUT2D eigenvalue weighted by Gasteiger charge is -2.19. The Labute approximate surface area is 172 Å². The molecule has 0 aliphatic rings. The van der Waals surface area contributed by atoms with Crippen LogP contribution in [0.5, 0.6) is 0 Å². The molecular weight excluding hydrogens is 352 g/mol. The van der Waals surface area contributed by atoms with Crippen LogP contribution in [0.4, 0.5) is 11.4 Å². The topological polar surface area (TPSA) is 15.6 Å². The summed E-state index contributed by atoms with van der Waals surface area (Å²) in [6, 6.07) is 41.2. The highest BCUT2D eigenvalue weighted by molar-refractivity contribution is 5.92. The van der Waals surface area contributed by atoms with E-state index in [0.29, 0.717) is 0 Å². The number of anilines is 2. The summed E-state index contributed by atoms with van der Waals surface area (Å²) >= 11 is 0. The third kappa shape index (κ3) is 4.69. The molecule has 29 heavy (non-hydrogen) atoms. The Balaban J connectivity index is 1.72. The van der Waals surface area contributed by atoms with Gasteiger partial charge in [0.1, 0.15) is 0 Å². The molecule has 0 unspecified atom stereocenters. The van der Waals surface area contributed by atoms with E-state index in [1.807, 2.05) is 59.8 Å². The molecule has 0 saturated heterocycles. The number of rotatable bonds is 6. The lowest BCUT2D eigenvalue weighted by atomic mass is 9.98. The molecule has 0 aromatic heterocycles. The maximum atomic E-state index is 4.79. The van der Waals surface area contributed by atoms with Crippen LogP contribution in [0.2, 0.25) is 0 Å². The fourth-order valence-electron chi connectivity index (χ4n) is 3.19. The standard InChI is InChI=1S/C27H22N2/c1-5-13-23(14-6-1)27(24-15-7-2-8-16-24)21-22-28-29(25-17-9-3-10-18-25)26-19-11-4-12-20-26/h1-22H. The zero-order chi connectivity index (χ0) is 19.7. The van der Waals surface area contributed by atoms with Gasteiger partial charge in [-0.3, -0.25) is 0 Å². The molecule has 0 N–H and O–H groups in total. The van der Waals surface area contributed by atoms with E-state index >= 15 is 0 Å². The van der Waals surface area contributed by atoms with Crippen molar-refractivity contribution in [2.45, 2.75) is 0 Å². The summed E-state index contributed by atoms with van der Waals surface area (Å²) in [5, 5.41) is 6.74. The molecule has 0 amide bonds. The van der Waals surface area contributed by atoms with E-state index in [2.05, 4.69) is 78.9 Å². The van der Waals surface area contributed by atoms with Crippen LogP contribution in [0.15, 0.2) is 133 Å². The number of para-hydroxylation sites is 2. The van der Waals surface area contributed by atoms with Crippen molar-refractivity contribution in [1.29, 1.82) is 0 Å². The molecule has 0 spiro atoms. The average Bonchev–Trinajstić information content (AvgIpc) is 2.81. The zero-order valence-corrected chi connectivity index (χ0v) is 16.1. The van der Waals surface area contributed by atoms with E-state index in [4.69, 9.17) is 5.10 Å². The zero-order valence-electron chi connectivity index (χ0n) is 16.1. The number of hydrogen-bond acceptors (Lipinski definition) is 2. The molecule has 140 valence electrons. The number of nitrogens with zero attached hydrogens (tertiary/aromatic N) is 2. The van der Waals surface area contributed by atoms with Crippen LogP contribution in [-0.2, 0) is 0 Å². The van der Waals surface area contributed by atoms with Crippen LogP contribution in [0.1, 0.15) is 11.1 Å². The Morgan fingerprint density at radius 1 is 0.517 bits per heavy atom. The van der Waals surface area contributed by atoms with Crippen LogP contribution < -0.4 is 5.01 Å². The highest BCUT2D eigenvalue weighted by Crippen LogP contribution is 2.26. The van der Waals surface area contributed by atoms with Crippen molar-refractivity contribution in [2.24, 2.45) is 5.10 Å². The van der Waals surface area contributed by atoms with Gasteiger partial charge in [0.25, 0.3) is 0 Å². The molecule has 4 aromatic carbocycles. The number of hydrogen-bond donors (Lipinski definition) is 0. The van der Waals surface area contributed by atoms with Crippen LogP contribution in [0.25, 0.3) is 5.57 Å². The van der Waals surface area contributed by atoms with Gasteiger partial charge in [0.05, 0.1) is 11.4 Å². The Bertz CT molecular complexity index is 989. The van der Waals surface area contributed by atoms with Crippen molar-refractivity contribution in [3.63, 3.8) is 0 Å². The smallest absolute Gasteiger partial charge is 0.0652 e. The predicted molar refractivity (Wildman–Crippen MR) is 123 cm³/mol. The van der Waals surface area contributed by atoms with Crippen LogP contribution in [0.3, 0.4) is 0 Å². The summed E-state index contributed by atoms with van der Waals surface area (Å²) in [5.74, 6) is 0. The maximum Gasteiger partial charge on any atom is 0.0652 e. The molecule has 0 bridgehead atoms. The molecule has 0 fully saturated rings. The van der Waals surface area contributed by atoms with Crippen molar-refractivity contribution in [3.05, 3.63) is 139 Å². The van der Waals surface area contributed by atoms with Crippen molar-refractivity contribution >= 4 is 23.2 Å². The first-order valence-electron chi connectivity index (χ1n) is 9.67. The van der Waals surface area contributed by atoms with Crippen LogP contribution in [-0.4, -0.2) is 6.21 Å². The van der Waals surface area contributed by atoms with Crippen molar-refractivity contribution in [3.8, 4) is 0 Å². The first-order chi connectivity index (χ1) is 14.4. The monoisotopic (exact) mass is 374 g/mol. The third-order valence-electron chi connectivity index (χ3n) is 4.59. The predicted octanol–water partition coefficient (Wildman–Crippen LogP) is 6.94. The summed E-state index contributed by atoms with van der Waals surface area (Å²) in [7, 11) is 0. The average molecular weight is 374 g/mol. The lowest BCUT2D eigenvalue weighted by Crippen LogP contribution is -2.08. The molecule has 4 aromatic rings. The van der Waals surface area contributed by atoms with Crippen LogP contribution >= 0.6 is 0 Å². The van der Waals surface area contributed by atoms with E-state index in [1.54, 1.807) is 0 Å². The minimum Gasteiger partial charge on any atom is -0.234 e. The first-order valence-corrected chi connectivity index (χ1v) is 9.67. The van der Waals surface area contributed by atoms with Gasteiger partial charge in [0.15, 0.2) is 0 Å². The van der Waals surface area contributed by atoms with E-state index in [0.717, 1.165) is 28.1 Å². The Hall–Kier alpha value is -3.91. The van der Waals surface area contributed by atoms with Gasteiger partial charge in [-0.15, -0.1) is 0 Å². The SMILES string of the molecule is C(C=C(c1ccccc1)c1ccccc1)=NN(c1ccccc1)c1ccccc1. The summed E-state index contributed by atoms with van der Waals surface area (Å²) in [6.45, 7) is 0. The van der Waals surface area contributed by atoms with Gasteiger partial charge in [-0.05, 0) is 47.0 Å². The molecule has 4 rings (SSSR count). The Morgan fingerprint density at radius 2 is 0.897 bits per heavy atom. The quantitative estimate of drug-likeness (QED) is 0.263. The van der Waals surface area contributed by atoms with Gasteiger partial charge in [-0.2, -0.15) is 5.10 Å². The summed E-state index contributed by atoms with van der Waals surface area (Å²) in [6.07, 6.45) is 3.94. The van der Waals surface area contributed by atoms with E-state index in [1.165, 1.54) is 0 Å². The van der Waals surface area contributed by atoms with Crippen molar-refractivity contribution < 1.29 is 0 Å². The first kappa shape index (κ1) is 18.5. The summed E-state index contributed by atoms with van der Waals surface area (Å²) in [5.41, 5.74) is 5.50. The van der Waals surface area contributed by atoms with Crippen molar-refractivity contribution in [1.82, 2.24) is 0 Å². The molecule has 0 aliphatic carbocycles. The van der Waals surface area contributed by atoms with E-state index in [9.17, 15) is 0 Å². The maximum absolute atomic E-state index is 4.79. The van der Waals surface area contributed by atoms with E-state index in [-0.39, 0.29) is 0 Å².